The summed E-state index contributed by atoms with van der Waals surface area (Å²) < 4.78 is 4.64. The van der Waals surface area contributed by atoms with Gasteiger partial charge in [0.1, 0.15) is 5.84 Å². The summed E-state index contributed by atoms with van der Waals surface area (Å²) in [5.41, 5.74) is 3.82. The van der Waals surface area contributed by atoms with Crippen LogP contribution in [0.5, 0.6) is 0 Å². The van der Waals surface area contributed by atoms with E-state index in [2.05, 4.69) is 40.4 Å². The Morgan fingerprint density at radius 2 is 2.43 bits per heavy atom. The van der Waals surface area contributed by atoms with Gasteiger partial charge in [0.2, 0.25) is 0 Å². The molecule has 5 heteroatoms. The fraction of sp³-hybridized carbons (Fsp3) is 0.444. The van der Waals surface area contributed by atoms with E-state index in [0.717, 1.165) is 41.7 Å². The molecule has 23 heavy (non-hydrogen) atoms. The molecule has 1 saturated heterocycles. The molecule has 3 aliphatic rings. The van der Waals surface area contributed by atoms with E-state index in [9.17, 15) is 0 Å². The van der Waals surface area contributed by atoms with Crippen molar-refractivity contribution in [3.8, 4) is 0 Å². The number of amidine groups is 1. The molecule has 0 aromatic rings. The molecule has 0 aliphatic carbocycles. The van der Waals surface area contributed by atoms with Crippen LogP contribution in [0.25, 0.3) is 0 Å². The van der Waals surface area contributed by atoms with Crippen molar-refractivity contribution >= 4 is 35.3 Å². The number of hydrogen-bond acceptors (Lipinski definition) is 5. The van der Waals surface area contributed by atoms with Gasteiger partial charge < -0.3 is 4.90 Å². The number of thioether (sulfide) groups is 1. The first-order valence-electron chi connectivity index (χ1n) is 8.12. The zero-order valence-electron chi connectivity index (χ0n) is 13.8. The normalized spacial score (nSPS) is 24.1. The van der Waals surface area contributed by atoms with Gasteiger partial charge in [0, 0.05) is 28.5 Å². The van der Waals surface area contributed by atoms with Gasteiger partial charge in [0.15, 0.2) is 0 Å². The summed E-state index contributed by atoms with van der Waals surface area (Å²) in [6.45, 7) is 10.3. The van der Waals surface area contributed by atoms with Gasteiger partial charge in [-0.25, -0.2) is 4.40 Å². The Bertz CT molecular complexity index is 641. The second-order valence-corrected chi connectivity index (χ2v) is 7.61. The van der Waals surface area contributed by atoms with E-state index in [1.807, 2.05) is 13.0 Å². The van der Waals surface area contributed by atoms with Crippen LogP contribution in [0.3, 0.4) is 0 Å². The van der Waals surface area contributed by atoms with Crippen LogP contribution >= 0.6 is 23.7 Å². The van der Waals surface area contributed by atoms with E-state index >= 15 is 0 Å². The molecule has 1 fully saturated rings. The quantitative estimate of drug-likeness (QED) is 0.668. The third-order valence-corrected chi connectivity index (χ3v) is 5.87. The number of hydrogen-bond donors (Lipinski definition) is 0. The lowest BCUT2D eigenvalue weighted by molar-refractivity contribution is 0.487. The Labute approximate surface area is 147 Å². The number of allylic oxidation sites excluding steroid dienone is 3. The Morgan fingerprint density at radius 1 is 1.57 bits per heavy atom. The SMILES string of the molecule is C=C(S/C=C\C)C1=NCC(C2=NSCC=C2)=C2CC(CC)CN12. The van der Waals surface area contributed by atoms with E-state index in [1.165, 1.54) is 17.7 Å². The van der Waals surface area contributed by atoms with Crippen LogP contribution in [-0.2, 0) is 0 Å². The molecular formula is C18H23N3S2. The maximum absolute atomic E-state index is 4.86. The molecule has 0 amide bonds. The lowest BCUT2D eigenvalue weighted by Gasteiger charge is -2.29. The van der Waals surface area contributed by atoms with Crippen molar-refractivity contribution < 1.29 is 0 Å². The smallest absolute Gasteiger partial charge is 0.141 e. The first-order chi connectivity index (χ1) is 11.2. The summed E-state index contributed by atoms with van der Waals surface area (Å²) in [7, 11) is 0. The van der Waals surface area contributed by atoms with Crippen LogP contribution in [0.15, 0.2) is 55.8 Å². The maximum atomic E-state index is 4.86. The summed E-state index contributed by atoms with van der Waals surface area (Å²) in [5.74, 6) is 2.72. The van der Waals surface area contributed by atoms with E-state index in [0.29, 0.717) is 5.92 Å². The molecule has 1 unspecified atom stereocenters. The van der Waals surface area contributed by atoms with Crippen LogP contribution in [-0.4, -0.2) is 35.3 Å². The van der Waals surface area contributed by atoms with Crippen LogP contribution < -0.4 is 0 Å². The number of aliphatic imine (C=N–C) groups is 1. The van der Waals surface area contributed by atoms with Crippen LogP contribution in [0, 0.1) is 5.92 Å². The zero-order chi connectivity index (χ0) is 16.2. The molecule has 0 aromatic carbocycles. The van der Waals surface area contributed by atoms with Gasteiger partial charge in [-0.15, -0.1) is 0 Å². The van der Waals surface area contributed by atoms with Crippen LogP contribution in [0.2, 0.25) is 0 Å². The van der Waals surface area contributed by atoms with Crippen molar-refractivity contribution in [1.29, 1.82) is 0 Å². The van der Waals surface area contributed by atoms with Gasteiger partial charge in [-0.1, -0.05) is 43.8 Å². The largest absolute Gasteiger partial charge is 0.329 e. The summed E-state index contributed by atoms with van der Waals surface area (Å²) >= 11 is 3.28. The van der Waals surface area contributed by atoms with Crippen molar-refractivity contribution in [2.75, 3.05) is 18.8 Å². The zero-order valence-corrected chi connectivity index (χ0v) is 15.4. The molecule has 122 valence electrons. The molecule has 0 spiro atoms. The molecule has 0 saturated carbocycles. The molecular weight excluding hydrogens is 322 g/mol. The first kappa shape index (κ1) is 16.7. The molecule has 0 bridgehead atoms. The summed E-state index contributed by atoms with van der Waals surface area (Å²) in [6, 6.07) is 0. The van der Waals surface area contributed by atoms with Crippen molar-refractivity contribution in [1.82, 2.24) is 4.90 Å². The molecule has 0 aromatic heterocycles. The van der Waals surface area contributed by atoms with Gasteiger partial charge in [0.05, 0.1) is 12.3 Å². The van der Waals surface area contributed by atoms with Gasteiger partial charge in [0.25, 0.3) is 0 Å². The minimum absolute atomic E-state index is 0.698. The van der Waals surface area contributed by atoms with Crippen LogP contribution in [0.1, 0.15) is 26.7 Å². The standard InChI is InChI=1S/C18H23N3S2/c1-4-8-22-13(3)18-19-11-15(16-7-6-9-23-20-16)17-10-14(5-2)12-21(17)18/h4,6-8,14H,3,5,9-12H2,1-2H3/b8-4-. The van der Waals surface area contributed by atoms with Gasteiger partial charge >= 0.3 is 0 Å². The minimum atomic E-state index is 0.698. The van der Waals surface area contributed by atoms with Crippen molar-refractivity contribution in [3.05, 3.63) is 46.4 Å². The topological polar surface area (TPSA) is 28.0 Å². The summed E-state index contributed by atoms with van der Waals surface area (Å²) in [4.78, 5) is 8.28. The van der Waals surface area contributed by atoms with Crippen LogP contribution in [0.4, 0.5) is 0 Å². The predicted molar refractivity (Wildman–Crippen MR) is 105 cm³/mol. The second kappa shape index (κ2) is 7.58. The Balaban J connectivity index is 1.90. The van der Waals surface area contributed by atoms with Crippen molar-refractivity contribution in [2.24, 2.45) is 15.3 Å². The molecule has 0 radical (unpaired) electrons. The summed E-state index contributed by atoms with van der Waals surface area (Å²) in [5, 5.41) is 2.07. The van der Waals surface area contributed by atoms with Gasteiger partial charge in [-0.2, -0.15) is 0 Å². The Morgan fingerprint density at radius 3 is 3.13 bits per heavy atom. The fourth-order valence-electron chi connectivity index (χ4n) is 3.09. The Kier molecular flexibility index (Phi) is 5.49. The second-order valence-electron chi connectivity index (χ2n) is 5.84. The highest BCUT2D eigenvalue weighted by Crippen LogP contribution is 2.37. The highest BCUT2D eigenvalue weighted by Gasteiger charge is 2.35. The average molecular weight is 346 g/mol. The fourth-order valence-corrected chi connectivity index (χ4v) is 4.23. The molecule has 3 heterocycles. The maximum Gasteiger partial charge on any atom is 0.141 e. The molecule has 3 nitrogen and oxygen atoms in total. The molecule has 3 rings (SSSR count). The third kappa shape index (κ3) is 3.50. The van der Waals surface area contributed by atoms with E-state index in [1.54, 1.807) is 23.7 Å². The van der Waals surface area contributed by atoms with Crippen molar-refractivity contribution in [3.63, 3.8) is 0 Å². The Hall–Kier alpha value is -1.20. The number of fused-ring (bicyclic) bond motifs is 1. The van der Waals surface area contributed by atoms with E-state index in [-0.39, 0.29) is 0 Å². The molecule has 0 N–H and O–H groups in total. The summed E-state index contributed by atoms with van der Waals surface area (Å²) in [6.07, 6.45) is 8.71. The predicted octanol–water partition coefficient (Wildman–Crippen LogP) is 4.82. The first-order valence-corrected chi connectivity index (χ1v) is 9.94. The molecule has 1 atom stereocenters. The number of nitrogens with zero attached hydrogens (tertiary/aromatic N) is 3. The average Bonchev–Trinajstić information content (AvgIpc) is 3.03. The highest BCUT2D eigenvalue weighted by molar-refractivity contribution is 8.06. The van der Waals surface area contributed by atoms with Crippen molar-refractivity contribution in [2.45, 2.75) is 26.7 Å². The van der Waals surface area contributed by atoms with E-state index < -0.39 is 0 Å². The molecule has 3 aliphatic heterocycles. The van der Waals surface area contributed by atoms with Gasteiger partial charge in [-0.3, -0.25) is 4.99 Å². The number of rotatable bonds is 5. The minimum Gasteiger partial charge on any atom is -0.329 e. The third-order valence-electron chi connectivity index (χ3n) is 4.33. The highest BCUT2D eigenvalue weighted by atomic mass is 32.2. The lowest BCUT2D eigenvalue weighted by Crippen LogP contribution is -2.33. The van der Waals surface area contributed by atoms with E-state index in [4.69, 9.17) is 4.99 Å². The van der Waals surface area contributed by atoms with Gasteiger partial charge in [-0.05, 0) is 42.7 Å². The monoisotopic (exact) mass is 345 g/mol. The lowest BCUT2D eigenvalue weighted by atomic mass is 10.00.